The molecule has 1 aromatic carbocycles. The first-order valence-electron chi connectivity index (χ1n) is 11.3. The Hall–Kier alpha value is -1.73. The molecule has 0 bridgehead atoms. The van der Waals surface area contributed by atoms with Crippen LogP contribution in [0.2, 0.25) is 0 Å². The molecule has 3 heterocycles. The van der Waals surface area contributed by atoms with Gasteiger partial charge in [0.2, 0.25) is 5.91 Å². The molecule has 1 saturated carbocycles. The van der Waals surface area contributed by atoms with Crippen LogP contribution < -0.4 is 0 Å². The predicted molar refractivity (Wildman–Crippen MR) is 118 cm³/mol. The Labute approximate surface area is 185 Å². The van der Waals surface area contributed by atoms with Gasteiger partial charge in [0.05, 0.1) is 11.8 Å². The lowest BCUT2D eigenvalue weighted by atomic mass is 9.80. The van der Waals surface area contributed by atoms with E-state index in [4.69, 9.17) is 0 Å². The number of fused-ring (bicyclic) bond motifs is 3. The summed E-state index contributed by atoms with van der Waals surface area (Å²) in [4.78, 5) is 15.0. The minimum absolute atomic E-state index is 0.163. The number of amides is 1. The highest BCUT2D eigenvalue weighted by Gasteiger charge is 2.34. The molecule has 1 aromatic heterocycles. The number of carbonyl (C=O) groups excluding carboxylic acids is 1. The van der Waals surface area contributed by atoms with Gasteiger partial charge in [0.1, 0.15) is 11.6 Å². The molecule has 0 spiro atoms. The van der Waals surface area contributed by atoms with E-state index in [1.807, 2.05) is 6.07 Å². The van der Waals surface area contributed by atoms with Gasteiger partial charge in [-0.05, 0) is 68.7 Å². The van der Waals surface area contributed by atoms with Crippen LogP contribution in [0, 0.1) is 5.92 Å². The molecule has 160 valence electrons. The number of rotatable bonds is 2. The summed E-state index contributed by atoms with van der Waals surface area (Å²) in [6, 6.07) is 6.23. The number of hydrogen-bond donors (Lipinski definition) is 1. The van der Waals surface area contributed by atoms with Crippen LogP contribution in [0.15, 0.2) is 22.7 Å². The smallest absolute Gasteiger partial charge is 0.225 e. The first-order valence-corrected chi connectivity index (χ1v) is 12.1. The minimum atomic E-state index is -0.450. The molecule has 1 N–H and O–H groups in total. The van der Waals surface area contributed by atoms with Gasteiger partial charge >= 0.3 is 0 Å². The molecule has 1 atom stereocenters. The topological polar surface area (TPSA) is 71.2 Å². The summed E-state index contributed by atoms with van der Waals surface area (Å²) in [5.41, 5.74) is 2.20. The van der Waals surface area contributed by atoms with E-state index in [0.29, 0.717) is 24.7 Å². The SMILES string of the molecule is O=C([C@H]1CC[C@H](c2nnc3n2-c2ccc(Br)cc2CC(O)C3)CC1)N1CCCCC1. The number of halogens is 1. The summed E-state index contributed by atoms with van der Waals surface area (Å²) in [7, 11) is 0. The third-order valence-electron chi connectivity index (χ3n) is 7.02. The van der Waals surface area contributed by atoms with Gasteiger partial charge in [0, 0.05) is 42.2 Å². The maximum atomic E-state index is 12.9. The van der Waals surface area contributed by atoms with Crippen molar-refractivity contribution < 1.29 is 9.90 Å². The highest BCUT2D eigenvalue weighted by Crippen LogP contribution is 2.38. The second kappa shape index (κ2) is 8.42. The highest BCUT2D eigenvalue weighted by molar-refractivity contribution is 9.10. The van der Waals surface area contributed by atoms with E-state index in [1.165, 1.54) is 6.42 Å². The van der Waals surface area contributed by atoms with Gasteiger partial charge in [-0.3, -0.25) is 9.36 Å². The Kier molecular flexibility index (Phi) is 5.67. The molecule has 1 amide bonds. The Morgan fingerprint density at radius 1 is 1.03 bits per heavy atom. The van der Waals surface area contributed by atoms with Crippen molar-refractivity contribution in [2.45, 2.75) is 69.8 Å². The third-order valence-corrected chi connectivity index (χ3v) is 7.51. The molecular formula is C23H29BrN4O2. The molecule has 5 rings (SSSR count). The van der Waals surface area contributed by atoms with E-state index in [0.717, 1.165) is 79.0 Å². The molecule has 1 unspecified atom stereocenters. The molecule has 0 radical (unpaired) electrons. The average Bonchev–Trinajstić information content (AvgIpc) is 3.11. The fourth-order valence-electron chi connectivity index (χ4n) is 5.43. The fourth-order valence-corrected chi connectivity index (χ4v) is 5.84. The van der Waals surface area contributed by atoms with E-state index >= 15 is 0 Å². The van der Waals surface area contributed by atoms with Crippen LogP contribution in [0.25, 0.3) is 5.69 Å². The van der Waals surface area contributed by atoms with Gasteiger partial charge in [-0.1, -0.05) is 15.9 Å². The number of aliphatic hydroxyl groups is 1. The Morgan fingerprint density at radius 3 is 2.57 bits per heavy atom. The van der Waals surface area contributed by atoms with Gasteiger partial charge in [0.15, 0.2) is 0 Å². The van der Waals surface area contributed by atoms with E-state index in [1.54, 1.807) is 0 Å². The van der Waals surface area contributed by atoms with Crippen molar-refractivity contribution in [2.24, 2.45) is 5.92 Å². The zero-order valence-corrected chi connectivity index (χ0v) is 18.9. The second-order valence-electron chi connectivity index (χ2n) is 9.08. The summed E-state index contributed by atoms with van der Waals surface area (Å²) in [6.07, 6.45) is 8.03. The minimum Gasteiger partial charge on any atom is -0.392 e. The molecule has 2 fully saturated rings. The van der Waals surface area contributed by atoms with Crippen LogP contribution in [-0.4, -0.2) is 49.9 Å². The lowest BCUT2D eigenvalue weighted by molar-refractivity contribution is -0.137. The van der Waals surface area contributed by atoms with Crippen molar-refractivity contribution in [1.29, 1.82) is 0 Å². The average molecular weight is 473 g/mol. The summed E-state index contributed by atoms with van der Waals surface area (Å²) >= 11 is 3.56. The standard InChI is InChI=1S/C23H29BrN4O2/c24-18-8-9-20-17(12-18)13-19(29)14-21-25-26-22(28(20)21)15-4-6-16(7-5-15)23(30)27-10-2-1-3-11-27/h8-9,12,15-16,19,29H,1-7,10-11,13-14H2/t15-,16-,19?. The van der Waals surface area contributed by atoms with Crippen LogP contribution in [0.5, 0.6) is 0 Å². The van der Waals surface area contributed by atoms with E-state index in [2.05, 4.69) is 47.7 Å². The zero-order valence-electron chi connectivity index (χ0n) is 17.3. The Balaban J connectivity index is 1.36. The number of carbonyl (C=O) groups is 1. The summed E-state index contributed by atoms with van der Waals surface area (Å²) in [5, 5.41) is 19.5. The maximum absolute atomic E-state index is 12.9. The number of piperidine rings is 1. The number of benzene rings is 1. The first kappa shape index (κ1) is 20.2. The van der Waals surface area contributed by atoms with Gasteiger partial charge in [-0.25, -0.2) is 0 Å². The lowest BCUT2D eigenvalue weighted by Crippen LogP contribution is -2.40. The van der Waals surface area contributed by atoms with Crippen LogP contribution in [0.1, 0.15) is 68.1 Å². The molecule has 2 aliphatic heterocycles. The normalized spacial score (nSPS) is 26.6. The Bertz CT molecular complexity index is 929. The van der Waals surface area contributed by atoms with E-state index in [-0.39, 0.29) is 5.92 Å². The molecule has 6 nitrogen and oxygen atoms in total. The van der Waals surface area contributed by atoms with Crippen molar-refractivity contribution in [3.05, 3.63) is 39.9 Å². The molecule has 1 aliphatic carbocycles. The van der Waals surface area contributed by atoms with Crippen molar-refractivity contribution in [3.63, 3.8) is 0 Å². The van der Waals surface area contributed by atoms with Crippen LogP contribution in [0.4, 0.5) is 0 Å². The molecule has 3 aliphatic rings. The highest BCUT2D eigenvalue weighted by atomic mass is 79.9. The van der Waals surface area contributed by atoms with Crippen molar-refractivity contribution in [3.8, 4) is 5.69 Å². The summed E-state index contributed by atoms with van der Waals surface area (Å²) < 4.78 is 3.19. The van der Waals surface area contributed by atoms with Crippen molar-refractivity contribution in [1.82, 2.24) is 19.7 Å². The maximum Gasteiger partial charge on any atom is 0.225 e. The molecule has 7 heteroatoms. The van der Waals surface area contributed by atoms with Gasteiger partial charge < -0.3 is 10.0 Å². The predicted octanol–water partition coefficient (Wildman–Crippen LogP) is 3.78. The van der Waals surface area contributed by atoms with E-state index in [9.17, 15) is 9.90 Å². The largest absolute Gasteiger partial charge is 0.392 e. The lowest BCUT2D eigenvalue weighted by Gasteiger charge is -2.34. The van der Waals surface area contributed by atoms with Crippen molar-refractivity contribution in [2.75, 3.05) is 13.1 Å². The van der Waals surface area contributed by atoms with Crippen LogP contribution >= 0.6 is 15.9 Å². The third kappa shape index (κ3) is 3.82. The number of likely N-dealkylation sites (tertiary alicyclic amines) is 1. The van der Waals surface area contributed by atoms with Gasteiger partial charge in [-0.2, -0.15) is 0 Å². The number of aromatic nitrogens is 3. The summed E-state index contributed by atoms with van der Waals surface area (Å²) in [5.74, 6) is 2.67. The summed E-state index contributed by atoms with van der Waals surface area (Å²) in [6.45, 7) is 1.87. The molecule has 1 saturated heterocycles. The van der Waals surface area contributed by atoms with Gasteiger partial charge in [-0.15, -0.1) is 10.2 Å². The number of aliphatic hydroxyl groups excluding tert-OH is 1. The molecule has 2 aromatic rings. The Morgan fingerprint density at radius 2 is 1.80 bits per heavy atom. The van der Waals surface area contributed by atoms with Crippen molar-refractivity contribution >= 4 is 21.8 Å². The van der Waals surface area contributed by atoms with Gasteiger partial charge in [0.25, 0.3) is 0 Å². The van der Waals surface area contributed by atoms with Crippen LogP contribution in [0.3, 0.4) is 0 Å². The zero-order chi connectivity index (χ0) is 20.7. The monoisotopic (exact) mass is 472 g/mol. The molecule has 30 heavy (non-hydrogen) atoms. The quantitative estimate of drug-likeness (QED) is 0.721. The first-order chi connectivity index (χ1) is 14.6. The fraction of sp³-hybridized carbons (Fsp3) is 0.609. The number of nitrogens with zero attached hydrogens (tertiary/aromatic N) is 4. The molecular weight excluding hydrogens is 444 g/mol. The number of hydrogen-bond acceptors (Lipinski definition) is 4. The van der Waals surface area contributed by atoms with E-state index < -0.39 is 6.10 Å². The van der Waals surface area contributed by atoms with Crippen LogP contribution in [-0.2, 0) is 17.6 Å². The second-order valence-corrected chi connectivity index (χ2v) is 10.00.